The Labute approximate surface area is 103 Å². The molecule has 0 saturated carbocycles. The summed E-state index contributed by atoms with van der Waals surface area (Å²) in [5.74, 6) is 5.93. The zero-order valence-electron chi connectivity index (χ0n) is 10.7. The van der Waals surface area contributed by atoms with E-state index < -0.39 is 0 Å². The number of nitrogens with zero attached hydrogens (tertiary/aromatic N) is 1. The Bertz CT molecular complexity index is 347. The second-order valence-corrected chi connectivity index (χ2v) is 3.94. The molecule has 0 spiro atoms. The molecule has 1 rings (SSSR count). The van der Waals surface area contributed by atoms with E-state index in [0.717, 1.165) is 5.57 Å². The van der Waals surface area contributed by atoms with Crippen molar-refractivity contribution in [3.05, 3.63) is 47.7 Å². The highest BCUT2D eigenvalue weighted by Crippen LogP contribution is 2.06. The molecule has 1 atom stereocenters. The molecule has 4 heteroatoms. The molecule has 1 aromatic carbocycles. The number of methoxy groups -OCH3 is 1. The minimum Gasteiger partial charge on any atom is -0.363 e. The summed E-state index contributed by atoms with van der Waals surface area (Å²) in [5.41, 5.74) is 2.21. The number of ether oxygens (including phenoxy) is 1. The zero-order valence-corrected chi connectivity index (χ0v) is 10.7. The van der Waals surface area contributed by atoms with Gasteiger partial charge in [0, 0.05) is 13.3 Å². The second-order valence-electron chi connectivity index (χ2n) is 3.94. The lowest BCUT2D eigenvalue weighted by Gasteiger charge is -2.19. The Kier molecular flexibility index (Phi) is 5.69. The summed E-state index contributed by atoms with van der Waals surface area (Å²) < 4.78 is 5.25. The van der Waals surface area contributed by atoms with Gasteiger partial charge in [-0.2, -0.15) is 0 Å². The van der Waals surface area contributed by atoms with Crippen molar-refractivity contribution < 1.29 is 4.74 Å². The molecule has 0 bridgehead atoms. The number of hydrogen-bond donors (Lipinski definition) is 2. The largest absolute Gasteiger partial charge is 0.363 e. The maximum absolute atomic E-state index is 5.93. The van der Waals surface area contributed by atoms with E-state index in [1.54, 1.807) is 12.1 Å². The first-order valence-corrected chi connectivity index (χ1v) is 5.61. The minimum atomic E-state index is -0.100. The molecule has 0 saturated heterocycles. The van der Waals surface area contributed by atoms with Gasteiger partial charge in [-0.05, 0) is 25.1 Å². The average molecular weight is 235 g/mol. The van der Waals surface area contributed by atoms with Crippen LogP contribution in [0.15, 0.2) is 42.1 Å². The highest BCUT2D eigenvalue weighted by molar-refractivity contribution is 5.15. The Balaban J connectivity index is 2.59. The number of nitrogens with one attached hydrogen (secondary N) is 1. The normalized spacial score (nSPS) is 13.5. The van der Waals surface area contributed by atoms with Crippen molar-refractivity contribution in [2.24, 2.45) is 5.84 Å². The monoisotopic (exact) mass is 235 g/mol. The van der Waals surface area contributed by atoms with Gasteiger partial charge in [0.25, 0.3) is 0 Å². The molecule has 17 heavy (non-hydrogen) atoms. The van der Waals surface area contributed by atoms with Crippen LogP contribution in [-0.2, 0) is 11.3 Å². The first-order chi connectivity index (χ1) is 8.17. The van der Waals surface area contributed by atoms with Crippen molar-refractivity contribution in [2.75, 3.05) is 14.2 Å². The van der Waals surface area contributed by atoms with E-state index in [0.29, 0.717) is 6.54 Å². The topological polar surface area (TPSA) is 50.5 Å². The maximum Gasteiger partial charge on any atom is 0.131 e. The third kappa shape index (κ3) is 4.56. The number of likely N-dealkylation sites (N-methyl/N-ethyl adjacent to an activating group) is 1. The van der Waals surface area contributed by atoms with Gasteiger partial charge in [0.2, 0.25) is 0 Å². The Morgan fingerprint density at radius 3 is 2.65 bits per heavy atom. The number of hydrazine groups is 1. The molecule has 0 aromatic heterocycles. The molecule has 4 nitrogen and oxygen atoms in total. The SMILES string of the molecule is CNC(OC)C(C)=CN(N)Cc1ccccc1. The summed E-state index contributed by atoms with van der Waals surface area (Å²) in [4.78, 5) is 0. The molecule has 0 aliphatic rings. The van der Waals surface area contributed by atoms with Gasteiger partial charge in [-0.1, -0.05) is 30.3 Å². The maximum atomic E-state index is 5.93. The summed E-state index contributed by atoms with van der Waals surface area (Å²) in [7, 11) is 3.51. The first kappa shape index (κ1) is 13.7. The molecule has 0 amide bonds. The van der Waals surface area contributed by atoms with E-state index in [1.165, 1.54) is 5.56 Å². The van der Waals surface area contributed by atoms with Crippen LogP contribution in [0.25, 0.3) is 0 Å². The van der Waals surface area contributed by atoms with E-state index in [1.807, 2.05) is 38.4 Å². The smallest absolute Gasteiger partial charge is 0.131 e. The van der Waals surface area contributed by atoms with E-state index in [2.05, 4.69) is 17.4 Å². The summed E-state index contributed by atoms with van der Waals surface area (Å²) in [6.07, 6.45) is 1.79. The molecule has 0 aliphatic carbocycles. The molecule has 0 fully saturated rings. The summed E-state index contributed by atoms with van der Waals surface area (Å²) in [6.45, 7) is 2.66. The van der Waals surface area contributed by atoms with Crippen LogP contribution < -0.4 is 11.2 Å². The van der Waals surface area contributed by atoms with Crippen LogP contribution in [0.1, 0.15) is 12.5 Å². The zero-order chi connectivity index (χ0) is 12.7. The third-order valence-corrected chi connectivity index (χ3v) is 2.49. The van der Waals surface area contributed by atoms with Crippen LogP contribution in [-0.4, -0.2) is 25.4 Å². The number of nitrogens with two attached hydrogens (primary N) is 1. The van der Waals surface area contributed by atoms with E-state index in [4.69, 9.17) is 10.6 Å². The quantitative estimate of drug-likeness (QED) is 0.445. The van der Waals surface area contributed by atoms with Crippen LogP contribution in [0.2, 0.25) is 0 Å². The lowest BCUT2D eigenvalue weighted by atomic mass is 10.2. The molecule has 0 heterocycles. The van der Waals surface area contributed by atoms with Crippen LogP contribution >= 0.6 is 0 Å². The minimum absolute atomic E-state index is 0.100. The number of benzene rings is 1. The molecular formula is C13H21N3O. The highest BCUT2D eigenvalue weighted by Gasteiger charge is 2.06. The van der Waals surface area contributed by atoms with Crippen molar-refractivity contribution in [3.63, 3.8) is 0 Å². The highest BCUT2D eigenvalue weighted by atomic mass is 16.5. The fraction of sp³-hybridized carbons (Fsp3) is 0.385. The fourth-order valence-corrected chi connectivity index (χ4v) is 1.70. The van der Waals surface area contributed by atoms with Crippen molar-refractivity contribution >= 4 is 0 Å². The van der Waals surface area contributed by atoms with Gasteiger partial charge in [-0.3, -0.25) is 5.32 Å². The first-order valence-electron chi connectivity index (χ1n) is 5.61. The van der Waals surface area contributed by atoms with E-state index >= 15 is 0 Å². The summed E-state index contributed by atoms with van der Waals surface area (Å²) in [6, 6.07) is 10.1. The van der Waals surface area contributed by atoms with Crippen LogP contribution in [0.4, 0.5) is 0 Å². The summed E-state index contributed by atoms with van der Waals surface area (Å²) in [5, 5.41) is 4.71. The van der Waals surface area contributed by atoms with Gasteiger partial charge in [0.05, 0.1) is 6.54 Å². The molecule has 1 unspecified atom stereocenters. The van der Waals surface area contributed by atoms with Gasteiger partial charge in [-0.25, -0.2) is 5.84 Å². The number of rotatable bonds is 6. The molecule has 0 radical (unpaired) electrons. The van der Waals surface area contributed by atoms with Gasteiger partial charge in [0.1, 0.15) is 6.23 Å². The van der Waals surface area contributed by atoms with Gasteiger partial charge in [-0.15, -0.1) is 0 Å². The van der Waals surface area contributed by atoms with Gasteiger partial charge >= 0.3 is 0 Å². The predicted octanol–water partition coefficient (Wildman–Crippen LogP) is 1.46. The van der Waals surface area contributed by atoms with Crippen LogP contribution in [0.5, 0.6) is 0 Å². The third-order valence-electron chi connectivity index (χ3n) is 2.49. The summed E-state index contributed by atoms with van der Waals surface area (Å²) >= 11 is 0. The molecule has 94 valence electrons. The molecular weight excluding hydrogens is 214 g/mol. The molecule has 3 N–H and O–H groups in total. The van der Waals surface area contributed by atoms with Crippen LogP contribution in [0, 0.1) is 0 Å². The Morgan fingerprint density at radius 2 is 2.12 bits per heavy atom. The lowest BCUT2D eigenvalue weighted by Crippen LogP contribution is -2.31. The average Bonchev–Trinajstić information content (AvgIpc) is 2.31. The Hall–Kier alpha value is -1.36. The van der Waals surface area contributed by atoms with Crippen molar-refractivity contribution in [1.82, 2.24) is 10.3 Å². The van der Waals surface area contributed by atoms with Crippen LogP contribution in [0.3, 0.4) is 0 Å². The fourth-order valence-electron chi connectivity index (χ4n) is 1.70. The van der Waals surface area contributed by atoms with Crippen molar-refractivity contribution in [2.45, 2.75) is 19.7 Å². The Morgan fingerprint density at radius 1 is 1.47 bits per heavy atom. The predicted molar refractivity (Wildman–Crippen MR) is 69.8 cm³/mol. The second kappa shape index (κ2) is 7.06. The lowest BCUT2D eigenvalue weighted by molar-refractivity contribution is 0.108. The standard InChI is InChI=1S/C13H21N3O/c1-11(13(15-2)17-3)9-16(14)10-12-7-5-4-6-8-12/h4-9,13,15H,10,14H2,1-3H3. The molecule has 1 aromatic rings. The molecule has 0 aliphatic heterocycles. The van der Waals surface area contributed by atoms with Crippen molar-refractivity contribution in [1.29, 1.82) is 0 Å². The van der Waals surface area contributed by atoms with Crippen molar-refractivity contribution in [3.8, 4) is 0 Å². The number of hydrogen-bond acceptors (Lipinski definition) is 4. The van der Waals surface area contributed by atoms with E-state index in [9.17, 15) is 0 Å². The van der Waals surface area contributed by atoms with E-state index in [-0.39, 0.29) is 6.23 Å². The van der Waals surface area contributed by atoms with Gasteiger partial charge < -0.3 is 9.75 Å². The van der Waals surface area contributed by atoms with Gasteiger partial charge in [0.15, 0.2) is 0 Å².